The topological polar surface area (TPSA) is 75.7 Å². The van der Waals surface area contributed by atoms with Crippen molar-refractivity contribution in [2.24, 2.45) is 0 Å². The first kappa shape index (κ1) is 19.6. The van der Waals surface area contributed by atoms with Gasteiger partial charge in [-0.2, -0.15) is 4.31 Å². The van der Waals surface area contributed by atoms with Crippen molar-refractivity contribution in [2.75, 3.05) is 24.7 Å². The Bertz CT molecular complexity index is 981. The van der Waals surface area contributed by atoms with Crippen LogP contribution >= 0.6 is 11.6 Å². The summed E-state index contributed by atoms with van der Waals surface area (Å²) in [5.41, 5.74) is 2.40. The van der Waals surface area contributed by atoms with Crippen LogP contribution in [0.3, 0.4) is 0 Å². The first-order valence-electron chi connectivity index (χ1n) is 8.17. The van der Waals surface area contributed by atoms with Gasteiger partial charge < -0.3 is 10.1 Å². The second-order valence-electron chi connectivity index (χ2n) is 6.20. The summed E-state index contributed by atoms with van der Waals surface area (Å²) in [6.07, 6.45) is 1.69. The molecule has 9 heteroatoms. The Balaban J connectivity index is 1.66. The van der Waals surface area contributed by atoms with Crippen LogP contribution in [0.15, 0.2) is 36.4 Å². The lowest BCUT2D eigenvalue weighted by molar-refractivity contribution is -0.118. The highest BCUT2D eigenvalue weighted by molar-refractivity contribution is 7.88. The van der Waals surface area contributed by atoms with Crippen LogP contribution in [-0.2, 0) is 27.8 Å². The van der Waals surface area contributed by atoms with E-state index in [1.807, 2.05) is 6.07 Å². The number of nitrogens with zero attached hydrogens (tertiary/aromatic N) is 1. The van der Waals surface area contributed by atoms with E-state index < -0.39 is 15.8 Å². The number of sulfonamides is 1. The summed E-state index contributed by atoms with van der Waals surface area (Å²) in [4.78, 5) is 12.2. The van der Waals surface area contributed by atoms with Gasteiger partial charge in [0.15, 0.2) is 6.61 Å². The molecule has 0 saturated heterocycles. The molecule has 2 aromatic rings. The molecule has 0 unspecified atom stereocenters. The zero-order valence-electron chi connectivity index (χ0n) is 14.5. The van der Waals surface area contributed by atoms with Crippen LogP contribution in [0.2, 0.25) is 5.02 Å². The van der Waals surface area contributed by atoms with Crippen molar-refractivity contribution in [1.29, 1.82) is 0 Å². The number of anilines is 1. The van der Waals surface area contributed by atoms with Crippen LogP contribution in [0.4, 0.5) is 10.1 Å². The normalized spacial score (nSPS) is 14.5. The SMILES string of the molecule is CS(=O)(=O)N1CCc2c(cccc2NC(=O)COc2ccc(F)c(Cl)c2)C1. The van der Waals surface area contributed by atoms with Gasteiger partial charge in [0.1, 0.15) is 11.6 Å². The first-order valence-corrected chi connectivity index (χ1v) is 10.4. The summed E-state index contributed by atoms with van der Waals surface area (Å²) in [6, 6.07) is 9.23. The van der Waals surface area contributed by atoms with Gasteiger partial charge in [-0.05, 0) is 35.7 Å². The quantitative estimate of drug-likeness (QED) is 0.819. The van der Waals surface area contributed by atoms with Crippen molar-refractivity contribution in [2.45, 2.75) is 13.0 Å². The Hall–Kier alpha value is -2.16. The van der Waals surface area contributed by atoms with Gasteiger partial charge in [-0.3, -0.25) is 4.79 Å². The molecule has 3 rings (SSSR count). The van der Waals surface area contributed by atoms with Gasteiger partial charge in [0.05, 0.1) is 11.3 Å². The van der Waals surface area contributed by atoms with Crippen LogP contribution in [0.5, 0.6) is 5.75 Å². The highest BCUT2D eigenvalue weighted by Gasteiger charge is 2.24. The van der Waals surface area contributed by atoms with Gasteiger partial charge in [-0.1, -0.05) is 23.7 Å². The van der Waals surface area contributed by atoms with E-state index in [9.17, 15) is 17.6 Å². The molecule has 0 radical (unpaired) electrons. The number of fused-ring (bicyclic) bond motifs is 1. The largest absolute Gasteiger partial charge is 0.484 e. The fraction of sp³-hybridized carbons (Fsp3) is 0.278. The highest BCUT2D eigenvalue weighted by Crippen LogP contribution is 2.27. The molecule has 27 heavy (non-hydrogen) atoms. The Labute approximate surface area is 161 Å². The van der Waals surface area contributed by atoms with Crippen LogP contribution < -0.4 is 10.1 Å². The number of ether oxygens (including phenoxy) is 1. The van der Waals surface area contributed by atoms with Gasteiger partial charge >= 0.3 is 0 Å². The third kappa shape index (κ3) is 4.77. The van der Waals surface area contributed by atoms with Gasteiger partial charge in [-0.25, -0.2) is 12.8 Å². The Morgan fingerprint density at radius 3 is 2.81 bits per heavy atom. The minimum atomic E-state index is -3.26. The Kier molecular flexibility index (Phi) is 5.69. The minimum absolute atomic E-state index is 0.0829. The standard InChI is InChI=1S/C18H18ClFN2O4S/c1-27(24,25)22-8-7-14-12(10-22)3-2-4-17(14)21-18(23)11-26-13-5-6-16(20)15(19)9-13/h2-6,9H,7-8,10-11H2,1H3,(H,21,23). The number of hydrogen-bond donors (Lipinski definition) is 1. The van der Waals surface area contributed by atoms with E-state index in [0.29, 0.717) is 18.7 Å². The van der Waals surface area contributed by atoms with Crippen molar-refractivity contribution < 1.29 is 22.3 Å². The third-order valence-electron chi connectivity index (χ3n) is 4.24. The second-order valence-corrected chi connectivity index (χ2v) is 8.59. The molecule has 0 bridgehead atoms. The van der Waals surface area contributed by atoms with E-state index in [0.717, 1.165) is 17.2 Å². The van der Waals surface area contributed by atoms with Crippen LogP contribution in [-0.4, -0.2) is 38.0 Å². The molecule has 0 fully saturated rings. The lowest BCUT2D eigenvalue weighted by Crippen LogP contribution is -2.35. The maximum absolute atomic E-state index is 13.1. The van der Waals surface area contributed by atoms with Crippen molar-refractivity contribution in [1.82, 2.24) is 4.31 Å². The summed E-state index contributed by atoms with van der Waals surface area (Å²) in [7, 11) is -3.26. The number of amides is 1. The molecule has 144 valence electrons. The number of benzene rings is 2. The number of rotatable bonds is 5. The molecule has 0 aliphatic carbocycles. The highest BCUT2D eigenvalue weighted by atomic mass is 35.5. The maximum atomic E-state index is 13.1. The van der Waals surface area contributed by atoms with Gasteiger partial charge in [0, 0.05) is 24.8 Å². The summed E-state index contributed by atoms with van der Waals surface area (Å²) in [5, 5.41) is 2.70. The van der Waals surface area contributed by atoms with E-state index in [-0.39, 0.29) is 29.8 Å². The van der Waals surface area contributed by atoms with Gasteiger partial charge in [-0.15, -0.1) is 0 Å². The molecule has 1 aliphatic rings. The molecule has 0 aromatic heterocycles. The van der Waals surface area contributed by atoms with Crippen molar-refractivity contribution in [3.63, 3.8) is 0 Å². The number of carbonyl (C=O) groups is 1. The average Bonchev–Trinajstić information content (AvgIpc) is 2.62. The van der Waals surface area contributed by atoms with E-state index >= 15 is 0 Å². The summed E-state index contributed by atoms with van der Waals surface area (Å²) in [6.45, 7) is 0.382. The van der Waals surface area contributed by atoms with E-state index in [4.69, 9.17) is 16.3 Å². The smallest absolute Gasteiger partial charge is 0.262 e. The molecule has 0 spiro atoms. The minimum Gasteiger partial charge on any atom is -0.484 e. The molecule has 0 atom stereocenters. The summed E-state index contributed by atoms with van der Waals surface area (Å²) >= 11 is 5.68. The monoisotopic (exact) mass is 412 g/mol. The molecular formula is C18H18ClFN2O4S. The zero-order chi connectivity index (χ0) is 19.6. The lowest BCUT2D eigenvalue weighted by atomic mass is 9.99. The number of halogens is 2. The molecule has 1 heterocycles. The van der Waals surface area contributed by atoms with Crippen LogP contribution in [0.25, 0.3) is 0 Å². The molecule has 6 nitrogen and oxygen atoms in total. The molecular weight excluding hydrogens is 395 g/mol. The second kappa shape index (κ2) is 7.84. The Morgan fingerprint density at radius 2 is 2.11 bits per heavy atom. The van der Waals surface area contributed by atoms with Gasteiger partial charge in [0.25, 0.3) is 5.91 Å². The third-order valence-corrected chi connectivity index (χ3v) is 5.77. The van der Waals surface area contributed by atoms with Gasteiger partial charge in [0.2, 0.25) is 10.0 Å². The lowest BCUT2D eigenvalue weighted by Gasteiger charge is -2.28. The molecule has 1 aliphatic heterocycles. The van der Waals surface area contributed by atoms with E-state index in [1.165, 1.54) is 22.7 Å². The van der Waals surface area contributed by atoms with Crippen LogP contribution in [0, 0.1) is 5.82 Å². The fourth-order valence-electron chi connectivity index (χ4n) is 2.89. The van der Waals surface area contributed by atoms with E-state index in [2.05, 4.69) is 5.32 Å². The molecule has 0 saturated carbocycles. The van der Waals surface area contributed by atoms with Crippen molar-refractivity contribution >= 4 is 33.2 Å². The maximum Gasteiger partial charge on any atom is 0.262 e. The number of carbonyl (C=O) groups excluding carboxylic acids is 1. The molecule has 1 N–H and O–H groups in total. The first-order chi connectivity index (χ1) is 12.7. The van der Waals surface area contributed by atoms with Crippen molar-refractivity contribution in [3.05, 3.63) is 58.4 Å². The van der Waals surface area contributed by atoms with E-state index in [1.54, 1.807) is 12.1 Å². The fourth-order valence-corrected chi connectivity index (χ4v) is 3.85. The number of hydrogen-bond acceptors (Lipinski definition) is 4. The Morgan fingerprint density at radius 1 is 1.33 bits per heavy atom. The predicted octanol–water partition coefficient (Wildman–Crippen LogP) is 2.81. The molecule has 1 amide bonds. The molecule has 2 aromatic carbocycles. The van der Waals surface area contributed by atoms with Crippen LogP contribution in [0.1, 0.15) is 11.1 Å². The predicted molar refractivity (Wildman–Crippen MR) is 101 cm³/mol. The zero-order valence-corrected chi connectivity index (χ0v) is 16.1. The number of nitrogens with one attached hydrogen (secondary N) is 1. The van der Waals surface area contributed by atoms with Crippen molar-refractivity contribution in [3.8, 4) is 5.75 Å². The summed E-state index contributed by atoms with van der Waals surface area (Å²) in [5.74, 6) is -0.655. The summed E-state index contributed by atoms with van der Waals surface area (Å²) < 4.78 is 43.3. The average molecular weight is 413 g/mol.